The lowest BCUT2D eigenvalue weighted by Crippen LogP contribution is -2.05. The fourth-order valence-electron chi connectivity index (χ4n) is 1.52. The molecule has 72 valence electrons. The van der Waals surface area contributed by atoms with Crippen LogP contribution >= 0.6 is 0 Å². The van der Waals surface area contributed by atoms with Crippen molar-refractivity contribution in [3.63, 3.8) is 0 Å². The van der Waals surface area contributed by atoms with Crippen molar-refractivity contribution in [2.45, 2.75) is 25.3 Å². The lowest BCUT2D eigenvalue weighted by Gasteiger charge is -2.05. The van der Waals surface area contributed by atoms with Crippen LogP contribution in [0.15, 0.2) is 6.20 Å². The lowest BCUT2D eigenvalue weighted by molar-refractivity contribution is 0.357. The van der Waals surface area contributed by atoms with Gasteiger partial charge in [-0.25, -0.2) is 4.68 Å². The molecular formula is C9H15N3O. The molecule has 0 unspecified atom stereocenters. The minimum absolute atomic E-state index is 0.571. The molecule has 0 amide bonds. The van der Waals surface area contributed by atoms with Crippen LogP contribution < -0.4 is 10.5 Å². The Hall–Kier alpha value is -1.03. The van der Waals surface area contributed by atoms with Gasteiger partial charge in [0.2, 0.25) is 5.88 Å². The largest absolute Gasteiger partial charge is 0.481 e. The first kappa shape index (κ1) is 8.56. The summed E-state index contributed by atoms with van der Waals surface area (Å²) in [6, 6.07) is 0.571. The first-order chi connectivity index (χ1) is 6.36. The number of hydrogen-bond donors (Lipinski definition) is 1. The zero-order valence-corrected chi connectivity index (χ0v) is 7.86. The van der Waals surface area contributed by atoms with E-state index in [9.17, 15) is 0 Å². The van der Waals surface area contributed by atoms with Crippen molar-refractivity contribution in [2.75, 3.05) is 13.7 Å². The molecule has 4 nitrogen and oxygen atoms in total. The molecule has 1 aromatic rings. The highest BCUT2D eigenvalue weighted by atomic mass is 16.5. The van der Waals surface area contributed by atoms with Gasteiger partial charge in [0.1, 0.15) is 0 Å². The third-order valence-electron chi connectivity index (χ3n) is 2.32. The van der Waals surface area contributed by atoms with Crippen molar-refractivity contribution in [3.05, 3.63) is 11.8 Å². The van der Waals surface area contributed by atoms with E-state index in [2.05, 4.69) is 5.10 Å². The Kier molecular flexibility index (Phi) is 2.22. The van der Waals surface area contributed by atoms with Gasteiger partial charge in [0.05, 0.1) is 19.3 Å². The van der Waals surface area contributed by atoms with Crippen LogP contribution in [-0.4, -0.2) is 23.4 Å². The molecule has 0 atom stereocenters. The van der Waals surface area contributed by atoms with Gasteiger partial charge in [-0.05, 0) is 25.8 Å². The number of rotatable bonds is 4. The first-order valence-electron chi connectivity index (χ1n) is 4.67. The molecular weight excluding hydrogens is 166 g/mol. The molecule has 1 aliphatic carbocycles. The number of ether oxygens (including phenoxy) is 1. The standard InChI is InChI=1S/C9H15N3O/c1-13-9-7(4-5-10)6-11-12(9)8-2-3-8/h6,8H,2-5,10H2,1H3. The van der Waals surface area contributed by atoms with E-state index in [4.69, 9.17) is 10.5 Å². The highest BCUT2D eigenvalue weighted by Gasteiger charge is 2.28. The number of methoxy groups -OCH3 is 1. The van der Waals surface area contributed by atoms with Gasteiger partial charge in [0.15, 0.2) is 0 Å². The second kappa shape index (κ2) is 3.38. The van der Waals surface area contributed by atoms with Crippen molar-refractivity contribution in [1.29, 1.82) is 0 Å². The highest BCUT2D eigenvalue weighted by Crippen LogP contribution is 2.38. The number of nitrogens with zero attached hydrogens (tertiary/aromatic N) is 2. The second-order valence-corrected chi connectivity index (χ2v) is 3.39. The van der Waals surface area contributed by atoms with E-state index in [-0.39, 0.29) is 0 Å². The third kappa shape index (κ3) is 1.54. The molecule has 0 aliphatic heterocycles. The number of hydrogen-bond acceptors (Lipinski definition) is 3. The number of nitrogens with two attached hydrogens (primary N) is 1. The molecule has 4 heteroatoms. The van der Waals surface area contributed by atoms with E-state index >= 15 is 0 Å². The van der Waals surface area contributed by atoms with Crippen LogP contribution in [0.1, 0.15) is 24.4 Å². The molecule has 1 heterocycles. The molecule has 0 spiro atoms. The highest BCUT2D eigenvalue weighted by molar-refractivity contribution is 5.25. The van der Waals surface area contributed by atoms with Gasteiger partial charge >= 0.3 is 0 Å². The molecule has 13 heavy (non-hydrogen) atoms. The van der Waals surface area contributed by atoms with Crippen molar-refractivity contribution < 1.29 is 4.74 Å². The summed E-state index contributed by atoms with van der Waals surface area (Å²) in [5.41, 5.74) is 6.61. The van der Waals surface area contributed by atoms with Gasteiger partial charge in [0, 0.05) is 5.56 Å². The summed E-state index contributed by atoms with van der Waals surface area (Å²) in [6.45, 7) is 0.646. The predicted octanol–water partition coefficient (Wildman–Crippen LogP) is 0.728. The maximum atomic E-state index is 5.49. The fourth-order valence-corrected chi connectivity index (χ4v) is 1.52. The first-order valence-corrected chi connectivity index (χ1v) is 4.67. The van der Waals surface area contributed by atoms with Crippen LogP contribution in [0.4, 0.5) is 0 Å². The SMILES string of the molecule is COc1c(CCN)cnn1C1CC1. The van der Waals surface area contributed by atoms with E-state index in [0.29, 0.717) is 12.6 Å². The van der Waals surface area contributed by atoms with Gasteiger partial charge in [-0.1, -0.05) is 0 Å². The van der Waals surface area contributed by atoms with Crippen molar-refractivity contribution >= 4 is 0 Å². The third-order valence-corrected chi connectivity index (χ3v) is 2.32. The van der Waals surface area contributed by atoms with Gasteiger partial charge in [-0.3, -0.25) is 0 Å². The maximum absolute atomic E-state index is 5.49. The molecule has 1 saturated carbocycles. The van der Waals surface area contributed by atoms with Crippen LogP contribution in [0, 0.1) is 0 Å². The maximum Gasteiger partial charge on any atom is 0.215 e. The Balaban J connectivity index is 2.24. The molecule has 1 aliphatic rings. The molecule has 0 bridgehead atoms. The summed E-state index contributed by atoms with van der Waals surface area (Å²) in [7, 11) is 1.69. The predicted molar refractivity (Wildman–Crippen MR) is 49.8 cm³/mol. The van der Waals surface area contributed by atoms with Gasteiger partial charge in [0.25, 0.3) is 0 Å². The summed E-state index contributed by atoms with van der Waals surface area (Å²) in [4.78, 5) is 0. The average Bonchev–Trinajstić information content (AvgIpc) is 2.89. The van der Waals surface area contributed by atoms with E-state index in [0.717, 1.165) is 17.9 Å². The van der Waals surface area contributed by atoms with Gasteiger partial charge in [-0.2, -0.15) is 5.10 Å². The van der Waals surface area contributed by atoms with E-state index in [1.807, 2.05) is 10.9 Å². The Morgan fingerprint density at radius 3 is 3.00 bits per heavy atom. The molecule has 2 rings (SSSR count). The van der Waals surface area contributed by atoms with Crippen LogP contribution in [0.2, 0.25) is 0 Å². The number of aromatic nitrogens is 2. The topological polar surface area (TPSA) is 53.1 Å². The molecule has 1 fully saturated rings. The minimum atomic E-state index is 0.571. The van der Waals surface area contributed by atoms with E-state index in [1.165, 1.54) is 12.8 Å². The fraction of sp³-hybridized carbons (Fsp3) is 0.667. The van der Waals surface area contributed by atoms with E-state index in [1.54, 1.807) is 7.11 Å². The summed E-state index contributed by atoms with van der Waals surface area (Å²) < 4.78 is 7.29. The summed E-state index contributed by atoms with van der Waals surface area (Å²) in [5, 5.41) is 4.30. The average molecular weight is 181 g/mol. The summed E-state index contributed by atoms with van der Waals surface area (Å²) in [6.07, 6.45) is 5.15. The van der Waals surface area contributed by atoms with Crippen LogP contribution in [0.3, 0.4) is 0 Å². The summed E-state index contributed by atoms with van der Waals surface area (Å²) >= 11 is 0. The Morgan fingerprint density at radius 1 is 1.69 bits per heavy atom. The van der Waals surface area contributed by atoms with Gasteiger partial charge in [-0.15, -0.1) is 0 Å². The zero-order chi connectivity index (χ0) is 9.26. The van der Waals surface area contributed by atoms with Crippen molar-refractivity contribution in [3.8, 4) is 5.88 Å². The molecule has 0 radical (unpaired) electrons. The quantitative estimate of drug-likeness (QED) is 0.745. The molecule has 0 saturated heterocycles. The summed E-state index contributed by atoms with van der Waals surface area (Å²) in [5.74, 6) is 0.896. The van der Waals surface area contributed by atoms with Crippen LogP contribution in [-0.2, 0) is 6.42 Å². The van der Waals surface area contributed by atoms with Crippen LogP contribution in [0.25, 0.3) is 0 Å². The zero-order valence-electron chi connectivity index (χ0n) is 7.86. The smallest absolute Gasteiger partial charge is 0.215 e. The van der Waals surface area contributed by atoms with Crippen molar-refractivity contribution in [2.24, 2.45) is 5.73 Å². The lowest BCUT2D eigenvalue weighted by atomic mass is 10.2. The van der Waals surface area contributed by atoms with E-state index < -0.39 is 0 Å². The Labute approximate surface area is 77.7 Å². The minimum Gasteiger partial charge on any atom is -0.481 e. The Morgan fingerprint density at radius 2 is 2.46 bits per heavy atom. The van der Waals surface area contributed by atoms with Crippen LogP contribution in [0.5, 0.6) is 5.88 Å². The van der Waals surface area contributed by atoms with Crippen molar-refractivity contribution in [1.82, 2.24) is 9.78 Å². The monoisotopic (exact) mass is 181 g/mol. The molecule has 2 N–H and O–H groups in total. The Bertz CT molecular complexity index is 291. The molecule has 0 aromatic carbocycles. The van der Waals surface area contributed by atoms with Gasteiger partial charge < -0.3 is 10.5 Å². The second-order valence-electron chi connectivity index (χ2n) is 3.39. The molecule has 1 aromatic heterocycles. The normalized spacial score (nSPS) is 16.2.